The maximum Gasteiger partial charge on any atom is 0.223 e. The number of Topliss-reactive ketones (excluding diaryl/α,β-unsaturated/α-hetero) is 1. The number of β-amino-alcohol motifs (C(OH)–C–C–N with tert-alkyl or cyclic N) is 1. The van der Waals surface area contributed by atoms with Gasteiger partial charge in [0, 0.05) is 56.0 Å². The Balaban J connectivity index is 1.40. The molecule has 1 amide bonds. The quantitative estimate of drug-likeness (QED) is 0.759. The van der Waals surface area contributed by atoms with Crippen molar-refractivity contribution in [3.8, 4) is 0 Å². The molecule has 1 aromatic heterocycles. The summed E-state index contributed by atoms with van der Waals surface area (Å²) in [6, 6.07) is 13.0. The fourth-order valence-electron chi connectivity index (χ4n) is 3.14. The van der Waals surface area contributed by atoms with Crippen LogP contribution in [-0.4, -0.2) is 59.3 Å². The molecule has 5 nitrogen and oxygen atoms in total. The number of aliphatic hydroxyl groups excluding tert-OH is 1. The van der Waals surface area contributed by atoms with E-state index in [1.54, 1.807) is 23.5 Å². The second-order valence-electron chi connectivity index (χ2n) is 6.50. The fraction of sp³-hybridized carbons (Fsp3) is 0.400. The van der Waals surface area contributed by atoms with Crippen LogP contribution in [0.5, 0.6) is 0 Å². The topological polar surface area (TPSA) is 60.9 Å². The average Bonchev–Trinajstić information content (AvgIpc) is 3.22. The predicted molar refractivity (Wildman–Crippen MR) is 102 cm³/mol. The third-order valence-corrected chi connectivity index (χ3v) is 5.66. The molecule has 2 heterocycles. The third-order valence-electron chi connectivity index (χ3n) is 4.69. The molecule has 1 N–H and O–H groups in total. The van der Waals surface area contributed by atoms with Gasteiger partial charge in [-0.05, 0) is 11.4 Å². The molecular formula is C20H24N2O3S. The number of thiophene rings is 1. The lowest BCUT2D eigenvalue weighted by atomic mass is 10.1. The molecule has 1 fully saturated rings. The number of carbonyl (C=O) groups excluding carboxylic acids is 2. The Labute approximate surface area is 157 Å². The van der Waals surface area contributed by atoms with Crippen LogP contribution in [0.3, 0.4) is 0 Å². The summed E-state index contributed by atoms with van der Waals surface area (Å²) >= 11 is 1.56. The maximum atomic E-state index is 12.4. The van der Waals surface area contributed by atoms with E-state index in [-0.39, 0.29) is 24.5 Å². The highest BCUT2D eigenvalue weighted by Crippen LogP contribution is 2.20. The summed E-state index contributed by atoms with van der Waals surface area (Å²) in [7, 11) is 0. The maximum absolute atomic E-state index is 12.4. The summed E-state index contributed by atoms with van der Waals surface area (Å²) in [5, 5.41) is 12.2. The molecule has 6 heteroatoms. The smallest absolute Gasteiger partial charge is 0.223 e. The van der Waals surface area contributed by atoms with E-state index in [1.807, 2.05) is 40.6 Å². The number of rotatable bonds is 7. The van der Waals surface area contributed by atoms with E-state index in [0.717, 1.165) is 18.0 Å². The van der Waals surface area contributed by atoms with Crippen molar-refractivity contribution in [2.45, 2.75) is 18.9 Å². The number of aliphatic hydroxyl groups is 1. The highest BCUT2D eigenvalue weighted by Gasteiger charge is 2.23. The van der Waals surface area contributed by atoms with E-state index < -0.39 is 6.10 Å². The van der Waals surface area contributed by atoms with E-state index in [4.69, 9.17) is 0 Å². The van der Waals surface area contributed by atoms with Gasteiger partial charge in [-0.15, -0.1) is 11.3 Å². The molecule has 0 saturated carbocycles. The molecule has 0 spiro atoms. The van der Waals surface area contributed by atoms with Crippen LogP contribution < -0.4 is 0 Å². The van der Waals surface area contributed by atoms with Gasteiger partial charge < -0.3 is 10.0 Å². The molecule has 1 saturated heterocycles. The van der Waals surface area contributed by atoms with Gasteiger partial charge >= 0.3 is 0 Å². The van der Waals surface area contributed by atoms with Crippen LogP contribution in [0, 0.1) is 0 Å². The normalized spacial score (nSPS) is 16.4. The van der Waals surface area contributed by atoms with E-state index in [2.05, 4.69) is 4.90 Å². The summed E-state index contributed by atoms with van der Waals surface area (Å²) in [4.78, 5) is 29.5. The SMILES string of the molecule is O=C(CCC(=O)N1CCN(CC(O)c2cccs2)CC1)c1ccccc1. The lowest BCUT2D eigenvalue weighted by Gasteiger charge is -2.35. The van der Waals surface area contributed by atoms with Crippen LogP contribution in [0.4, 0.5) is 0 Å². The Kier molecular flexibility index (Phi) is 6.55. The van der Waals surface area contributed by atoms with Crippen LogP contribution in [0.15, 0.2) is 47.8 Å². The van der Waals surface area contributed by atoms with E-state index in [1.165, 1.54) is 0 Å². The minimum Gasteiger partial charge on any atom is -0.386 e. The van der Waals surface area contributed by atoms with Gasteiger partial charge in [-0.25, -0.2) is 0 Å². The summed E-state index contributed by atoms with van der Waals surface area (Å²) in [6.07, 6.45) is 0.0341. The minimum atomic E-state index is -0.472. The molecule has 1 atom stereocenters. The Morgan fingerprint density at radius 1 is 1.00 bits per heavy atom. The number of benzene rings is 1. The molecule has 0 bridgehead atoms. The molecule has 0 aliphatic carbocycles. The van der Waals surface area contributed by atoms with Crippen molar-refractivity contribution in [2.24, 2.45) is 0 Å². The number of nitrogens with zero attached hydrogens (tertiary/aromatic N) is 2. The number of hydrogen-bond acceptors (Lipinski definition) is 5. The molecule has 138 valence electrons. The van der Waals surface area contributed by atoms with Gasteiger partial charge in [0.05, 0.1) is 0 Å². The molecule has 1 aromatic carbocycles. The van der Waals surface area contributed by atoms with Crippen molar-refractivity contribution >= 4 is 23.0 Å². The molecule has 3 rings (SSSR count). The summed E-state index contributed by atoms with van der Waals surface area (Å²) < 4.78 is 0. The molecule has 0 radical (unpaired) electrons. The Morgan fingerprint density at radius 3 is 2.38 bits per heavy atom. The van der Waals surface area contributed by atoms with Crippen LogP contribution >= 0.6 is 11.3 Å². The summed E-state index contributed by atoms with van der Waals surface area (Å²) in [6.45, 7) is 3.39. The van der Waals surface area contributed by atoms with Gasteiger partial charge in [0.1, 0.15) is 6.10 Å². The van der Waals surface area contributed by atoms with Gasteiger partial charge in [0.2, 0.25) is 5.91 Å². The lowest BCUT2D eigenvalue weighted by Crippen LogP contribution is -2.49. The van der Waals surface area contributed by atoms with Gasteiger partial charge in [-0.3, -0.25) is 14.5 Å². The first-order valence-corrected chi connectivity index (χ1v) is 9.81. The van der Waals surface area contributed by atoms with Crippen molar-refractivity contribution < 1.29 is 14.7 Å². The van der Waals surface area contributed by atoms with Gasteiger partial charge in [-0.2, -0.15) is 0 Å². The number of hydrogen-bond donors (Lipinski definition) is 1. The first kappa shape index (κ1) is 18.8. The Bertz CT molecular complexity index is 710. The highest BCUT2D eigenvalue weighted by atomic mass is 32.1. The standard InChI is InChI=1S/C20H24N2O3S/c23-17(16-5-2-1-3-6-16)8-9-20(25)22-12-10-21(11-13-22)15-18(24)19-7-4-14-26-19/h1-7,14,18,24H,8-13,15H2. The van der Waals surface area contributed by atoms with Crippen molar-refractivity contribution in [1.29, 1.82) is 0 Å². The zero-order chi connectivity index (χ0) is 18.4. The second kappa shape index (κ2) is 9.07. The molecule has 1 aliphatic heterocycles. The van der Waals surface area contributed by atoms with E-state index in [9.17, 15) is 14.7 Å². The van der Waals surface area contributed by atoms with Crippen LogP contribution in [0.1, 0.15) is 34.2 Å². The molecule has 26 heavy (non-hydrogen) atoms. The number of carbonyl (C=O) groups is 2. The van der Waals surface area contributed by atoms with Crippen LogP contribution in [0.25, 0.3) is 0 Å². The Hall–Kier alpha value is -2.02. The van der Waals surface area contributed by atoms with Gasteiger partial charge in [-0.1, -0.05) is 36.4 Å². The van der Waals surface area contributed by atoms with E-state index in [0.29, 0.717) is 25.2 Å². The number of piperazine rings is 1. The first-order valence-electron chi connectivity index (χ1n) is 8.93. The summed E-state index contributed by atoms with van der Waals surface area (Å²) in [5.74, 6) is 0.0457. The van der Waals surface area contributed by atoms with Crippen LogP contribution in [0.2, 0.25) is 0 Å². The van der Waals surface area contributed by atoms with Crippen molar-refractivity contribution in [3.63, 3.8) is 0 Å². The molecule has 2 aromatic rings. The average molecular weight is 372 g/mol. The second-order valence-corrected chi connectivity index (χ2v) is 7.48. The zero-order valence-electron chi connectivity index (χ0n) is 14.7. The van der Waals surface area contributed by atoms with Crippen molar-refractivity contribution in [2.75, 3.05) is 32.7 Å². The van der Waals surface area contributed by atoms with Crippen LogP contribution in [-0.2, 0) is 4.79 Å². The monoisotopic (exact) mass is 372 g/mol. The summed E-state index contributed by atoms with van der Waals surface area (Å²) in [5.41, 5.74) is 0.660. The molecule has 1 unspecified atom stereocenters. The van der Waals surface area contributed by atoms with Gasteiger partial charge in [0.15, 0.2) is 5.78 Å². The predicted octanol–water partition coefficient (Wildman–Crippen LogP) is 2.59. The lowest BCUT2D eigenvalue weighted by molar-refractivity contribution is -0.133. The van der Waals surface area contributed by atoms with E-state index >= 15 is 0 Å². The molecular weight excluding hydrogens is 348 g/mol. The zero-order valence-corrected chi connectivity index (χ0v) is 15.5. The third kappa shape index (κ3) is 5.00. The van der Waals surface area contributed by atoms with Crippen molar-refractivity contribution in [3.05, 3.63) is 58.3 Å². The number of ketones is 1. The largest absolute Gasteiger partial charge is 0.386 e. The molecule has 1 aliphatic rings. The highest BCUT2D eigenvalue weighted by molar-refractivity contribution is 7.10. The Morgan fingerprint density at radius 2 is 1.73 bits per heavy atom. The van der Waals surface area contributed by atoms with Crippen molar-refractivity contribution in [1.82, 2.24) is 9.80 Å². The van der Waals surface area contributed by atoms with Gasteiger partial charge in [0.25, 0.3) is 0 Å². The minimum absolute atomic E-state index is 0.0108. The number of amides is 1. The first-order chi connectivity index (χ1) is 12.6. The fourth-order valence-corrected chi connectivity index (χ4v) is 3.85.